The smallest absolute Gasteiger partial charge is 0.260 e. The average molecular weight is 431 g/mol. The quantitative estimate of drug-likeness (QED) is 0.356. The zero-order chi connectivity index (χ0) is 22.8. The summed E-state index contributed by atoms with van der Waals surface area (Å²) >= 11 is 0. The molecule has 1 atom stereocenters. The van der Waals surface area contributed by atoms with Gasteiger partial charge in [0.2, 0.25) is 0 Å². The van der Waals surface area contributed by atoms with Crippen LogP contribution in [0.2, 0.25) is 0 Å². The summed E-state index contributed by atoms with van der Waals surface area (Å²) < 4.78 is 0. The molecule has 0 fully saturated rings. The van der Waals surface area contributed by atoms with Gasteiger partial charge in [-0.1, -0.05) is 47.6 Å². The number of oxime groups is 1. The molecule has 0 aliphatic rings. The molecule has 1 aromatic heterocycles. The highest BCUT2D eigenvalue weighted by atomic mass is 16.6. The molecular formula is C24H25N5O3. The fourth-order valence-electron chi connectivity index (χ4n) is 2.83. The van der Waals surface area contributed by atoms with Crippen LogP contribution in [0.15, 0.2) is 84.3 Å². The lowest BCUT2D eigenvalue weighted by Crippen LogP contribution is -2.34. The van der Waals surface area contributed by atoms with Gasteiger partial charge in [-0.05, 0) is 42.3 Å². The third-order valence-corrected chi connectivity index (χ3v) is 4.65. The number of benzene rings is 2. The number of nitrogens with zero attached hydrogens (tertiary/aromatic N) is 2. The Morgan fingerprint density at radius 1 is 1.00 bits per heavy atom. The molecule has 8 nitrogen and oxygen atoms in total. The minimum atomic E-state index is -0.425. The number of hydrogen-bond donors (Lipinski definition) is 3. The van der Waals surface area contributed by atoms with E-state index in [0.717, 1.165) is 11.1 Å². The monoisotopic (exact) mass is 431 g/mol. The van der Waals surface area contributed by atoms with Crippen LogP contribution in [0.4, 0.5) is 5.69 Å². The van der Waals surface area contributed by atoms with Gasteiger partial charge in [0.25, 0.3) is 11.8 Å². The van der Waals surface area contributed by atoms with Crippen LogP contribution in [0.5, 0.6) is 0 Å². The van der Waals surface area contributed by atoms with E-state index in [-0.39, 0.29) is 25.0 Å². The summed E-state index contributed by atoms with van der Waals surface area (Å²) in [6.45, 7) is 1.83. The number of carbonyl (C=O) groups is 2. The summed E-state index contributed by atoms with van der Waals surface area (Å²) in [4.78, 5) is 33.3. The van der Waals surface area contributed by atoms with Crippen LogP contribution >= 0.6 is 0 Å². The maximum atomic E-state index is 12.3. The number of aromatic nitrogens is 1. The van der Waals surface area contributed by atoms with Gasteiger partial charge < -0.3 is 21.2 Å². The van der Waals surface area contributed by atoms with Crippen LogP contribution in [-0.2, 0) is 9.63 Å². The summed E-state index contributed by atoms with van der Waals surface area (Å²) in [5.41, 5.74) is 9.73. The van der Waals surface area contributed by atoms with Gasteiger partial charge in [0, 0.05) is 36.2 Å². The second-order valence-electron chi connectivity index (χ2n) is 7.04. The van der Waals surface area contributed by atoms with Gasteiger partial charge >= 0.3 is 0 Å². The molecule has 2 aromatic carbocycles. The topological polar surface area (TPSA) is 119 Å². The van der Waals surface area contributed by atoms with E-state index in [0.29, 0.717) is 17.0 Å². The van der Waals surface area contributed by atoms with E-state index < -0.39 is 6.04 Å². The van der Waals surface area contributed by atoms with Crippen LogP contribution in [0, 0.1) is 0 Å². The molecule has 0 aliphatic carbocycles. The van der Waals surface area contributed by atoms with E-state index in [1.54, 1.807) is 48.8 Å². The third-order valence-electron chi connectivity index (χ3n) is 4.65. The molecule has 0 aliphatic heterocycles. The van der Waals surface area contributed by atoms with Gasteiger partial charge in [-0.2, -0.15) is 0 Å². The Morgan fingerprint density at radius 2 is 1.69 bits per heavy atom. The van der Waals surface area contributed by atoms with Gasteiger partial charge in [-0.25, -0.2) is 0 Å². The van der Waals surface area contributed by atoms with Crippen LogP contribution in [-0.4, -0.2) is 35.7 Å². The lowest BCUT2D eigenvalue weighted by atomic mass is 10.0. The van der Waals surface area contributed by atoms with Gasteiger partial charge in [0.05, 0.1) is 5.71 Å². The molecule has 0 bridgehead atoms. The molecule has 3 rings (SSSR count). The van der Waals surface area contributed by atoms with Gasteiger partial charge in [0.1, 0.15) is 0 Å². The Bertz CT molecular complexity index is 1050. The summed E-state index contributed by atoms with van der Waals surface area (Å²) in [6, 6.07) is 19.5. The first-order valence-electron chi connectivity index (χ1n) is 10.1. The predicted octanol–water partition coefficient (Wildman–Crippen LogP) is 2.89. The summed E-state index contributed by atoms with van der Waals surface area (Å²) in [5.74, 6) is -0.550. The second-order valence-corrected chi connectivity index (χ2v) is 7.04. The van der Waals surface area contributed by atoms with E-state index in [2.05, 4.69) is 20.8 Å². The zero-order valence-electron chi connectivity index (χ0n) is 17.7. The van der Waals surface area contributed by atoms with E-state index in [9.17, 15) is 9.59 Å². The Labute approximate surface area is 186 Å². The third kappa shape index (κ3) is 6.75. The molecule has 0 spiro atoms. The first-order valence-corrected chi connectivity index (χ1v) is 10.1. The highest BCUT2D eigenvalue weighted by molar-refractivity contribution is 6.04. The molecule has 4 N–H and O–H groups in total. The maximum Gasteiger partial charge on any atom is 0.260 e. The Hall–Kier alpha value is -4.04. The number of nitrogens with two attached hydrogens (primary N) is 1. The number of anilines is 1. The van der Waals surface area contributed by atoms with Crippen LogP contribution in [0.3, 0.4) is 0 Å². The first kappa shape index (κ1) is 22.6. The lowest BCUT2D eigenvalue weighted by Gasteiger charge is -2.14. The van der Waals surface area contributed by atoms with Crippen molar-refractivity contribution in [2.75, 3.05) is 18.5 Å². The van der Waals surface area contributed by atoms with Crippen molar-refractivity contribution in [1.29, 1.82) is 0 Å². The van der Waals surface area contributed by atoms with E-state index in [1.807, 2.05) is 37.3 Å². The van der Waals surface area contributed by atoms with Gasteiger partial charge in [-0.3, -0.25) is 14.6 Å². The maximum absolute atomic E-state index is 12.3. The summed E-state index contributed by atoms with van der Waals surface area (Å²) in [6.07, 6.45) is 3.21. The molecular weight excluding hydrogens is 406 g/mol. The number of hydrogen-bond acceptors (Lipinski definition) is 6. The molecule has 1 unspecified atom stereocenters. The zero-order valence-corrected chi connectivity index (χ0v) is 17.7. The number of nitrogens with one attached hydrogen (secondary N) is 2. The average Bonchev–Trinajstić information content (AvgIpc) is 2.83. The number of rotatable bonds is 9. The van der Waals surface area contributed by atoms with Gasteiger partial charge in [0.15, 0.2) is 6.61 Å². The number of carbonyl (C=O) groups excluding carboxylic acids is 2. The molecule has 164 valence electrons. The van der Waals surface area contributed by atoms with Crippen LogP contribution in [0.25, 0.3) is 0 Å². The van der Waals surface area contributed by atoms with Crippen molar-refractivity contribution in [3.05, 3.63) is 95.8 Å². The van der Waals surface area contributed by atoms with Crippen molar-refractivity contribution in [2.45, 2.75) is 13.0 Å². The Morgan fingerprint density at radius 3 is 2.38 bits per heavy atom. The van der Waals surface area contributed by atoms with E-state index in [1.165, 1.54) is 0 Å². The molecule has 2 amide bonds. The Balaban J connectivity index is 1.43. The van der Waals surface area contributed by atoms with Crippen molar-refractivity contribution >= 4 is 23.2 Å². The molecule has 1 heterocycles. The summed E-state index contributed by atoms with van der Waals surface area (Å²) in [5, 5.41) is 9.47. The van der Waals surface area contributed by atoms with E-state index in [4.69, 9.17) is 10.6 Å². The minimum absolute atomic E-state index is 0.203. The molecule has 8 heteroatoms. The van der Waals surface area contributed by atoms with Gasteiger partial charge in [-0.15, -0.1) is 0 Å². The number of pyridine rings is 1. The van der Waals surface area contributed by atoms with Crippen molar-refractivity contribution in [3.8, 4) is 0 Å². The SMILES string of the molecule is CC(=NOCC(=O)NCC(N)c1ccc(C(=O)Nc2ccncc2)cc1)c1ccccc1. The number of amides is 2. The molecule has 3 aromatic rings. The predicted molar refractivity (Wildman–Crippen MR) is 123 cm³/mol. The highest BCUT2D eigenvalue weighted by Gasteiger charge is 2.11. The fraction of sp³-hybridized carbons (Fsp3) is 0.167. The minimum Gasteiger partial charge on any atom is -0.385 e. The van der Waals surface area contributed by atoms with Crippen molar-refractivity contribution in [1.82, 2.24) is 10.3 Å². The highest BCUT2D eigenvalue weighted by Crippen LogP contribution is 2.13. The van der Waals surface area contributed by atoms with Crippen molar-refractivity contribution in [2.24, 2.45) is 10.9 Å². The fourth-order valence-corrected chi connectivity index (χ4v) is 2.83. The van der Waals surface area contributed by atoms with Crippen molar-refractivity contribution < 1.29 is 14.4 Å². The molecule has 32 heavy (non-hydrogen) atoms. The van der Waals surface area contributed by atoms with Crippen LogP contribution in [0.1, 0.15) is 34.5 Å². The van der Waals surface area contributed by atoms with E-state index >= 15 is 0 Å². The lowest BCUT2D eigenvalue weighted by molar-refractivity contribution is -0.125. The normalized spacial score (nSPS) is 12.0. The molecule has 0 saturated heterocycles. The molecule has 0 saturated carbocycles. The van der Waals surface area contributed by atoms with Crippen molar-refractivity contribution in [3.63, 3.8) is 0 Å². The standard InChI is InChI=1S/C24H25N5O3/c1-17(18-5-3-2-4-6-18)29-32-16-23(30)27-15-22(25)19-7-9-20(10-8-19)24(31)28-21-11-13-26-14-12-21/h2-14,22H,15-16,25H2,1H3,(H,27,30)(H,26,28,31). The second kappa shape index (κ2) is 11.4. The largest absolute Gasteiger partial charge is 0.385 e. The Kier molecular flexibility index (Phi) is 8.05. The molecule has 0 radical (unpaired) electrons. The summed E-state index contributed by atoms with van der Waals surface area (Å²) in [7, 11) is 0. The first-order chi connectivity index (χ1) is 15.5. The van der Waals surface area contributed by atoms with Crippen LogP contribution < -0.4 is 16.4 Å².